The van der Waals surface area contributed by atoms with E-state index in [4.69, 9.17) is 4.98 Å². The third-order valence-electron chi connectivity index (χ3n) is 4.33. The maximum Gasteiger partial charge on any atom is 0.268 e. The Bertz CT molecular complexity index is 884. The summed E-state index contributed by atoms with van der Waals surface area (Å²) >= 11 is 1.17. The topological polar surface area (TPSA) is 74.8 Å². The van der Waals surface area contributed by atoms with Crippen molar-refractivity contribution in [1.82, 2.24) is 24.5 Å². The number of rotatable bonds is 2. The van der Waals surface area contributed by atoms with Crippen molar-refractivity contribution in [1.29, 1.82) is 0 Å². The van der Waals surface area contributed by atoms with Crippen molar-refractivity contribution in [3.8, 4) is 0 Å². The zero-order valence-electron chi connectivity index (χ0n) is 13.0. The first-order valence-corrected chi connectivity index (χ1v) is 8.47. The number of carbonyl (C=O) groups is 1. The fraction of sp³-hybridized carbons (Fsp3) is 0.375. The van der Waals surface area contributed by atoms with Crippen LogP contribution in [0.1, 0.15) is 45.6 Å². The lowest BCUT2D eigenvalue weighted by Gasteiger charge is -2.22. The molecule has 1 fully saturated rings. The molecular formula is C16H17N5OS. The van der Waals surface area contributed by atoms with Crippen LogP contribution in [-0.4, -0.2) is 36.9 Å². The number of nitrogens with one attached hydrogen (secondary N) is 1. The van der Waals surface area contributed by atoms with Gasteiger partial charge in [0.25, 0.3) is 5.91 Å². The Morgan fingerprint density at radius 3 is 3.04 bits per heavy atom. The predicted octanol–water partition coefficient (Wildman–Crippen LogP) is 3.01. The van der Waals surface area contributed by atoms with Crippen LogP contribution in [0.25, 0.3) is 11.0 Å². The van der Waals surface area contributed by atoms with Gasteiger partial charge in [0.2, 0.25) is 0 Å². The van der Waals surface area contributed by atoms with E-state index in [0.717, 1.165) is 36.2 Å². The average molecular weight is 327 g/mol. The largest absolute Gasteiger partial charge is 0.340 e. The lowest BCUT2D eigenvalue weighted by Crippen LogP contribution is -2.31. The molecule has 1 unspecified atom stereocenters. The van der Waals surface area contributed by atoms with Gasteiger partial charge < -0.3 is 9.88 Å². The molecule has 1 aliphatic rings. The molecule has 0 spiro atoms. The molecule has 118 valence electrons. The van der Waals surface area contributed by atoms with Crippen LogP contribution in [-0.2, 0) is 0 Å². The Morgan fingerprint density at radius 1 is 1.39 bits per heavy atom. The molecule has 0 radical (unpaired) electrons. The number of hydrogen-bond donors (Lipinski definition) is 1. The molecule has 4 rings (SSSR count). The minimum absolute atomic E-state index is 0.00305. The van der Waals surface area contributed by atoms with Gasteiger partial charge in [0.1, 0.15) is 10.7 Å². The Hall–Kier alpha value is -2.28. The summed E-state index contributed by atoms with van der Waals surface area (Å²) in [5.41, 5.74) is 3.86. The second-order valence-corrected chi connectivity index (χ2v) is 6.74. The van der Waals surface area contributed by atoms with Gasteiger partial charge >= 0.3 is 0 Å². The van der Waals surface area contributed by atoms with E-state index in [1.54, 1.807) is 0 Å². The molecule has 1 amide bonds. The summed E-state index contributed by atoms with van der Waals surface area (Å²) in [5, 5.41) is 3.95. The van der Waals surface area contributed by atoms with Gasteiger partial charge in [-0.15, -0.1) is 5.10 Å². The third kappa shape index (κ3) is 2.41. The fourth-order valence-corrected chi connectivity index (χ4v) is 3.77. The normalized spacial score (nSPS) is 18.0. The molecule has 0 aliphatic carbocycles. The Morgan fingerprint density at radius 2 is 2.26 bits per heavy atom. The quantitative estimate of drug-likeness (QED) is 0.785. The number of aromatic nitrogens is 4. The number of benzene rings is 1. The van der Waals surface area contributed by atoms with E-state index in [1.807, 2.05) is 17.9 Å². The van der Waals surface area contributed by atoms with Crippen molar-refractivity contribution in [2.75, 3.05) is 6.54 Å². The summed E-state index contributed by atoms with van der Waals surface area (Å²) < 4.78 is 3.88. The zero-order chi connectivity index (χ0) is 16.0. The first kappa shape index (κ1) is 14.3. The fourth-order valence-electron chi connectivity index (χ4n) is 3.15. The molecule has 2 aromatic heterocycles. The highest BCUT2D eigenvalue weighted by atomic mass is 32.1. The van der Waals surface area contributed by atoms with E-state index in [1.165, 1.54) is 17.1 Å². The third-order valence-corrected chi connectivity index (χ3v) is 5.15. The van der Waals surface area contributed by atoms with Crippen molar-refractivity contribution < 1.29 is 4.79 Å². The van der Waals surface area contributed by atoms with Crippen molar-refractivity contribution in [2.24, 2.45) is 0 Å². The van der Waals surface area contributed by atoms with Gasteiger partial charge in [-0.3, -0.25) is 4.79 Å². The van der Waals surface area contributed by atoms with Crippen LogP contribution in [0, 0.1) is 13.8 Å². The average Bonchev–Trinajstić information content (AvgIpc) is 3.23. The molecule has 1 aromatic carbocycles. The maximum absolute atomic E-state index is 12.8. The van der Waals surface area contributed by atoms with Crippen molar-refractivity contribution >= 4 is 28.5 Å². The van der Waals surface area contributed by atoms with Gasteiger partial charge in [-0.2, -0.15) is 0 Å². The molecular weight excluding hydrogens is 310 g/mol. The molecule has 1 atom stereocenters. The summed E-state index contributed by atoms with van der Waals surface area (Å²) in [6.07, 6.45) is 1.91. The smallest absolute Gasteiger partial charge is 0.268 e. The van der Waals surface area contributed by atoms with Crippen LogP contribution in [0.15, 0.2) is 18.2 Å². The Balaban J connectivity index is 1.69. The van der Waals surface area contributed by atoms with E-state index < -0.39 is 0 Å². The van der Waals surface area contributed by atoms with Crippen LogP contribution in [0.3, 0.4) is 0 Å². The predicted molar refractivity (Wildman–Crippen MR) is 88.5 cm³/mol. The number of likely N-dealkylation sites (tertiary alicyclic amines) is 1. The van der Waals surface area contributed by atoms with Gasteiger partial charge in [-0.05, 0) is 55.9 Å². The molecule has 0 bridgehead atoms. The highest BCUT2D eigenvalue weighted by Crippen LogP contribution is 2.33. The number of carbonyl (C=O) groups excluding carboxylic acids is 1. The number of H-pyrrole nitrogens is 1. The van der Waals surface area contributed by atoms with Gasteiger partial charge in [-0.1, -0.05) is 10.6 Å². The molecule has 23 heavy (non-hydrogen) atoms. The molecule has 7 heteroatoms. The number of amides is 1. The summed E-state index contributed by atoms with van der Waals surface area (Å²) in [5.74, 6) is 0.878. The van der Waals surface area contributed by atoms with E-state index in [9.17, 15) is 4.79 Å². The van der Waals surface area contributed by atoms with Crippen molar-refractivity contribution in [3.05, 3.63) is 40.2 Å². The minimum atomic E-state index is -0.00305. The summed E-state index contributed by atoms with van der Waals surface area (Å²) in [6, 6.07) is 6.15. The van der Waals surface area contributed by atoms with Crippen molar-refractivity contribution in [2.45, 2.75) is 32.7 Å². The van der Waals surface area contributed by atoms with E-state index in [2.05, 4.69) is 33.6 Å². The number of hydrogen-bond acceptors (Lipinski definition) is 5. The molecule has 1 aliphatic heterocycles. The Labute approximate surface area is 137 Å². The molecule has 3 heterocycles. The maximum atomic E-state index is 12.8. The van der Waals surface area contributed by atoms with Crippen LogP contribution < -0.4 is 0 Å². The first-order chi connectivity index (χ1) is 11.1. The number of nitrogens with zero attached hydrogens (tertiary/aromatic N) is 4. The Kier molecular flexibility index (Phi) is 3.37. The highest BCUT2D eigenvalue weighted by Gasteiger charge is 2.34. The lowest BCUT2D eigenvalue weighted by atomic mass is 10.2. The van der Waals surface area contributed by atoms with Crippen LogP contribution in [0.4, 0.5) is 0 Å². The standard InChI is InChI=1S/C16H17N5OS/c1-9-5-6-11-12(8-9)18-15(17-11)13-4-3-7-21(13)16(22)14-10(2)19-20-23-14/h5-6,8,13H,3-4,7H2,1-2H3,(H,17,18). The van der Waals surface area contributed by atoms with E-state index in [-0.39, 0.29) is 11.9 Å². The second-order valence-electron chi connectivity index (χ2n) is 5.99. The minimum Gasteiger partial charge on any atom is -0.340 e. The van der Waals surface area contributed by atoms with Gasteiger partial charge in [0, 0.05) is 6.54 Å². The van der Waals surface area contributed by atoms with Gasteiger partial charge in [-0.25, -0.2) is 4.98 Å². The number of fused-ring (bicyclic) bond motifs is 1. The number of aromatic amines is 1. The van der Waals surface area contributed by atoms with Crippen LogP contribution in [0.5, 0.6) is 0 Å². The number of imidazole rings is 1. The molecule has 6 nitrogen and oxygen atoms in total. The van der Waals surface area contributed by atoms with Crippen LogP contribution in [0.2, 0.25) is 0 Å². The molecule has 1 saturated heterocycles. The molecule has 1 N–H and O–H groups in total. The zero-order valence-corrected chi connectivity index (χ0v) is 13.9. The lowest BCUT2D eigenvalue weighted by molar-refractivity contribution is 0.0734. The van der Waals surface area contributed by atoms with E-state index >= 15 is 0 Å². The van der Waals surface area contributed by atoms with Crippen molar-refractivity contribution in [3.63, 3.8) is 0 Å². The summed E-state index contributed by atoms with van der Waals surface area (Å²) in [4.78, 5) is 23.4. The summed E-state index contributed by atoms with van der Waals surface area (Å²) in [6.45, 7) is 4.63. The first-order valence-electron chi connectivity index (χ1n) is 7.69. The number of aryl methyl sites for hydroxylation is 2. The highest BCUT2D eigenvalue weighted by molar-refractivity contribution is 7.07. The summed E-state index contributed by atoms with van der Waals surface area (Å²) in [7, 11) is 0. The SMILES string of the molecule is Cc1ccc2nc(C3CCCN3C(=O)c3snnc3C)[nH]c2c1. The van der Waals surface area contributed by atoms with Gasteiger partial charge in [0.15, 0.2) is 0 Å². The van der Waals surface area contributed by atoms with Gasteiger partial charge in [0.05, 0.1) is 22.8 Å². The van der Waals surface area contributed by atoms with Crippen LogP contribution >= 0.6 is 11.5 Å². The monoisotopic (exact) mass is 327 g/mol. The molecule has 3 aromatic rings. The second kappa shape index (κ2) is 5.42. The molecule has 0 saturated carbocycles. The van der Waals surface area contributed by atoms with E-state index in [0.29, 0.717) is 10.6 Å².